The Morgan fingerprint density at radius 2 is 1.95 bits per heavy atom. The maximum Gasteiger partial charge on any atom is 0.323 e. The first-order valence-corrected chi connectivity index (χ1v) is 7.66. The van der Waals surface area contributed by atoms with Gasteiger partial charge in [-0.15, -0.1) is 0 Å². The van der Waals surface area contributed by atoms with Crippen molar-refractivity contribution in [1.29, 1.82) is 0 Å². The van der Waals surface area contributed by atoms with Gasteiger partial charge in [-0.05, 0) is 31.5 Å². The van der Waals surface area contributed by atoms with Crippen LogP contribution in [0.25, 0.3) is 0 Å². The summed E-state index contributed by atoms with van der Waals surface area (Å²) in [6.45, 7) is 5.32. The van der Waals surface area contributed by atoms with Gasteiger partial charge in [0.05, 0.1) is 6.61 Å². The Hall–Kier alpha value is -1.89. The topological polar surface area (TPSA) is 72.0 Å². The van der Waals surface area contributed by atoms with E-state index in [1.54, 1.807) is 0 Å². The zero-order valence-corrected chi connectivity index (χ0v) is 13.6. The SMILES string of the molecule is CCCOc1nc(NCC)nc(Nc2cccc(Br)c2)n1. The molecule has 2 aromatic rings. The Morgan fingerprint density at radius 3 is 2.67 bits per heavy atom. The van der Waals surface area contributed by atoms with Gasteiger partial charge < -0.3 is 15.4 Å². The molecular formula is C14H18BrN5O. The van der Waals surface area contributed by atoms with Gasteiger partial charge in [-0.3, -0.25) is 0 Å². The number of ether oxygens (including phenoxy) is 1. The van der Waals surface area contributed by atoms with Gasteiger partial charge in [-0.1, -0.05) is 28.9 Å². The molecule has 7 heteroatoms. The summed E-state index contributed by atoms with van der Waals surface area (Å²) in [6.07, 6.45) is 0.899. The lowest BCUT2D eigenvalue weighted by atomic mass is 10.3. The van der Waals surface area contributed by atoms with Gasteiger partial charge in [0.15, 0.2) is 0 Å². The molecule has 1 aromatic carbocycles. The van der Waals surface area contributed by atoms with E-state index in [1.165, 1.54) is 0 Å². The number of aromatic nitrogens is 3. The molecule has 0 unspecified atom stereocenters. The first-order chi connectivity index (χ1) is 10.2. The molecule has 6 nitrogen and oxygen atoms in total. The van der Waals surface area contributed by atoms with Crippen molar-refractivity contribution in [3.63, 3.8) is 0 Å². The van der Waals surface area contributed by atoms with Crippen LogP contribution in [0.1, 0.15) is 20.3 Å². The van der Waals surface area contributed by atoms with Crippen molar-refractivity contribution in [1.82, 2.24) is 15.0 Å². The van der Waals surface area contributed by atoms with E-state index in [0.717, 1.165) is 23.1 Å². The highest BCUT2D eigenvalue weighted by Crippen LogP contribution is 2.20. The number of benzene rings is 1. The molecule has 0 amide bonds. The van der Waals surface area contributed by atoms with Crippen LogP contribution >= 0.6 is 15.9 Å². The van der Waals surface area contributed by atoms with Crippen LogP contribution in [0.2, 0.25) is 0 Å². The van der Waals surface area contributed by atoms with Crippen molar-refractivity contribution in [2.75, 3.05) is 23.8 Å². The summed E-state index contributed by atoms with van der Waals surface area (Å²) in [4.78, 5) is 12.8. The number of rotatable bonds is 7. The fourth-order valence-electron chi connectivity index (χ4n) is 1.60. The van der Waals surface area contributed by atoms with Gasteiger partial charge in [-0.2, -0.15) is 15.0 Å². The van der Waals surface area contributed by atoms with Crippen molar-refractivity contribution >= 4 is 33.5 Å². The average Bonchev–Trinajstić information content (AvgIpc) is 2.45. The molecule has 2 N–H and O–H groups in total. The van der Waals surface area contributed by atoms with Crippen LogP contribution in [-0.2, 0) is 0 Å². The summed E-state index contributed by atoms with van der Waals surface area (Å²) in [5.74, 6) is 0.946. The van der Waals surface area contributed by atoms with Crippen LogP contribution in [-0.4, -0.2) is 28.1 Å². The molecule has 0 aliphatic carbocycles. The molecule has 112 valence electrons. The second kappa shape index (κ2) is 7.78. The minimum atomic E-state index is 0.320. The van der Waals surface area contributed by atoms with E-state index in [-0.39, 0.29) is 0 Å². The predicted molar refractivity (Wildman–Crippen MR) is 87.2 cm³/mol. The van der Waals surface area contributed by atoms with E-state index >= 15 is 0 Å². The van der Waals surface area contributed by atoms with Gasteiger partial charge in [-0.25, -0.2) is 0 Å². The Balaban J connectivity index is 2.22. The highest BCUT2D eigenvalue weighted by molar-refractivity contribution is 9.10. The molecule has 0 atom stereocenters. The van der Waals surface area contributed by atoms with Gasteiger partial charge in [0, 0.05) is 16.7 Å². The average molecular weight is 352 g/mol. The highest BCUT2D eigenvalue weighted by atomic mass is 79.9. The summed E-state index contributed by atoms with van der Waals surface area (Å²) < 4.78 is 6.48. The molecule has 2 rings (SSSR count). The van der Waals surface area contributed by atoms with E-state index in [4.69, 9.17) is 4.74 Å². The van der Waals surface area contributed by atoms with E-state index in [0.29, 0.717) is 24.5 Å². The molecule has 1 aromatic heterocycles. The second-order valence-electron chi connectivity index (χ2n) is 4.28. The molecule has 0 radical (unpaired) electrons. The standard InChI is InChI=1S/C14H18BrN5O/c1-3-8-21-14-19-12(16-4-2)18-13(20-14)17-11-7-5-6-10(15)9-11/h5-7,9H,3-4,8H2,1-2H3,(H2,16,17,18,19,20). The van der Waals surface area contributed by atoms with Crippen LogP contribution in [0.5, 0.6) is 6.01 Å². The smallest absolute Gasteiger partial charge is 0.323 e. The monoisotopic (exact) mass is 351 g/mol. The molecule has 21 heavy (non-hydrogen) atoms. The van der Waals surface area contributed by atoms with Gasteiger partial charge in [0.25, 0.3) is 0 Å². The summed E-state index contributed by atoms with van der Waals surface area (Å²) in [7, 11) is 0. The Bertz CT molecular complexity index is 593. The summed E-state index contributed by atoms with van der Waals surface area (Å²) in [5, 5.41) is 6.22. The predicted octanol–water partition coefficient (Wildman–Crippen LogP) is 3.60. The van der Waals surface area contributed by atoms with Crippen molar-refractivity contribution < 1.29 is 4.74 Å². The molecule has 1 heterocycles. The van der Waals surface area contributed by atoms with Crippen LogP contribution in [0, 0.1) is 0 Å². The van der Waals surface area contributed by atoms with Crippen LogP contribution < -0.4 is 15.4 Å². The van der Waals surface area contributed by atoms with E-state index < -0.39 is 0 Å². The third kappa shape index (κ3) is 4.86. The summed E-state index contributed by atoms with van der Waals surface area (Å²) in [6, 6.07) is 8.10. The van der Waals surface area contributed by atoms with Crippen molar-refractivity contribution in [3.8, 4) is 6.01 Å². The lowest BCUT2D eigenvalue weighted by molar-refractivity contribution is 0.292. The lowest BCUT2D eigenvalue weighted by Crippen LogP contribution is -2.09. The van der Waals surface area contributed by atoms with Crippen molar-refractivity contribution in [3.05, 3.63) is 28.7 Å². The minimum Gasteiger partial charge on any atom is -0.463 e. The molecule has 0 fully saturated rings. The lowest BCUT2D eigenvalue weighted by Gasteiger charge is -2.10. The Morgan fingerprint density at radius 1 is 1.14 bits per heavy atom. The van der Waals surface area contributed by atoms with Crippen LogP contribution in [0.4, 0.5) is 17.6 Å². The number of halogens is 1. The van der Waals surface area contributed by atoms with Crippen LogP contribution in [0.3, 0.4) is 0 Å². The fourth-order valence-corrected chi connectivity index (χ4v) is 2.00. The van der Waals surface area contributed by atoms with E-state index in [9.17, 15) is 0 Å². The van der Waals surface area contributed by atoms with E-state index in [1.807, 2.05) is 38.1 Å². The second-order valence-corrected chi connectivity index (χ2v) is 5.20. The largest absolute Gasteiger partial charge is 0.463 e. The Kier molecular flexibility index (Phi) is 5.74. The normalized spacial score (nSPS) is 10.2. The number of anilines is 3. The number of hydrogen-bond acceptors (Lipinski definition) is 6. The van der Waals surface area contributed by atoms with Crippen molar-refractivity contribution in [2.45, 2.75) is 20.3 Å². The third-order valence-corrected chi connectivity index (χ3v) is 2.96. The van der Waals surface area contributed by atoms with Gasteiger partial charge >= 0.3 is 6.01 Å². The number of nitrogens with one attached hydrogen (secondary N) is 2. The number of hydrogen-bond donors (Lipinski definition) is 2. The first kappa shape index (κ1) is 15.5. The zero-order valence-electron chi connectivity index (χ0n) is 12.1. The third-order valence-electron chi connectivity index (χ3n) is 2.47. The molecule has 0 bridgehead atoms. The fraction of sp³-hybridized carbons (Fsp3) is 0.357. The molecule has 0 saturated heterocycles. The molecule has 0 saturated carbocycles. The molecular weight excluding hydrogens is 334 g/mol. The van der Waals surface area contributed by atoms with Gasteiger partial charge in [0.2, 0.25) is 11.9 Å². The summed E-state index contributed by atoms with van der Waals surface area (Å²) >= 11 is 3.43. The van der Waals surface area contributed by atoms with Crippen molar-refractivity contribution in [2.24, 2.45) is 0 Å². The minimum absolute atomic E-state index is 0.320. The first-order valence-electron chi connectivity index (χ1n) is 6.86. The molecule has 0 aliphatic rings. The summed E-state index contributed by atoms with van der Waals surface area (Å²) in [5.41, 5.74) is 0.888. The molecule has 0 aliphatic heterocycles. The maximum absolute atomic E-state index is 5.49. The maximum atomic E-state index is 5.49. The molecule has 0 spiro atoms. The zero-order chi connectivity index (χ0) is 15.1. The quantitative estimate of drug-likeness (QED) is 0.793. The van der Waals surface area contributed by atoms with E-state index in [2.05, 4.69) is 41.5 Å². The number of nitrogens with zero attached hydrogens (tertiary/aromatic N) is 3. The van der Waals surface area contributed by atoms with Crippen LogP contribution in [0.15, 0.2) is 28.7 Å². The van der Waals surface area contributed by atoms with Gasteiger partial charge in [0.1, 0.15) is 0 Å². The highest BCUT2D eigenvalue weighted by Gasteiger charge is 2.07. The Labute approximate surface area is 132 Å².